The zero-order chi connectivity index (χ0) is 27.1. The number of nitrogens with zero attached hydrogens (tertiary/aromatic N) is 1. The lowest BCUT2D eigenvalue weighted by Crippen LogP contribution is -2.50. The number of carbonyl (C=O) groups is 2. The van der Waals surface area contributed by atoms with Crippen LogP contribution in [0, 0.1) is 11.3 Å². The topological polar surface area (TPSA) is 79.9 Å². The number of urea groups is 1. The summed E-state index contributed by atoms with van der Waals surface area (Å²) in [7, 11) is 0. The van der Waals surface area contributed by atoms with E-state index in [1.165, 1.54) is 0 Å². The summed E-state index contributed by atoms with van der Waals surface area (Å²) in [6, 6.07) is -0.624. The second-order valence-corrected chi connectivity index (χ2v) is 14.5. The third kappa shape index (κ3) is 14.7. The van der Waals surface area contributed by atoms with Gasteiger partial charge in [-0.05, 0) is 64.7 Å². The Hall–Kier alpha value is -0.990. The molecule has 0 saturated carbocycles. The van der Waals surface area contributed by atoms with Crippen LogP contribution in [0.3, 0.4) is 0 Å². The Labute approximate surface area is 227 Å². The van der Waals surface area contributed by atoms with Crippen LogP contribution in [-0.4, -0.2) is 71.7 Å². The zero-order valence-electron chi connectivity index (χ0n) is 24.0. The van der Waals surface area contributed by atoms with Gasteiger partial charge in [-0.1, -0.05) is 49.0 Å². The van der Waals surface area contributed by atoms with Gasteiger partial charge in [0.15, 0.2) is 0 Å². The van der Waals surface area contributed by atoms with Crippen LogP contribution in [0.25, 0.3) is 0 Å². The van der Waals surface area contributed by atoms with E-state index in [2.05, 4.69) is 64.8 Å². The van der Waals surface area contributed by atoms with Crippen LogP contribution in [0.15, 0.2) is 0 Å². The van der Waals surface area contributed by atoms with Crippen molar-refractivity contribution < 1.29 is 19.1 Å². The molecule has 1 saturated heterocycles. The molecular weight excluding hydrogens is 474 g/mol. The molecule has 3 amide bonds. The van der Waals surface area contributed by atoms with E-state index >= 15 is 0 Å². The minimum Gasteiger partial charge on any atom is -0.375 e. The standard InChI is InChI=1S/C27H53N3O4S.CH4/c1-20-17-21(22(31)28-14-11-26(7,8)34-19-24(2,3)4)30(18-20)23(32)29-15-12-25(5,6)33-16-13-27(9,10)35;/h20-21,35H,11-19H2,1-10H3,(H,28,31)(H,29,32);1H4. The molecular formula is C28H57N3O4S. The predicted octanol–water partition coefficient (Wildman–Crippen LogP) is 5.67. The number of thiol groups is 1. The van der Waals surface area contributed by atoms with Crippen molar-refractivity contribution in [3.8, 4) is 0 Å². The molecule has 2 atom stereocenters. The minimum absolute atomic E-state index is 0. The maximum absolute atomic E-state index is 12.9. The summed E-state index contributed by atoms with van der Waals surface area (Å²) in [4.78, 5) is 27.5. The van der Waals surface area contributed by atoms with Crippen molar-refractivity contribution >= 4 is 24.6 Å². The zero-order valence-corrected chi connectivity index (χ0v) is 24.9. The van der Waals surface area contributed by atoms with Crippen molar-refractivity contribution in [3.63, 3.8) is 0 Å². The molecule has 36 heavy (non-hydrogen) atoms. The summed E-state index contributed by atoms with van der Waals surface area (Å²) >= 11 is 4.54. The molecule has 0 spiro atoms. The van der Waals surface area contributed by atoms with E-state index in [4.69, 9.17) is 9.47 Å². The Bertz CT molecular complexity index is 683. The normalized spacial score (nSPS) is 19.1. The molecule has 1 aliphatic rings. The van der Waals surface area contributed by atoms with Gasteiger partial charge in [-0.2, -0.15) is 12.6 Å². The molecule has 0 aromatic heterocycles. The maximum atomic E-state index is 12.9. The van der Waals surface area contributed by atoms with Gasteiger partial charge in [0.25, 0.3) is 0 Å². The first-order valence-corrected chi connectivity index (χ1v) is 13.6. The van der Waals surface area contributed by atoms with Gasteiger partial charge in [-0.25, -0.2) is 4.79 Å². The number of rotatable bonds is 13. The van der Waals surface area contributed by atoms with Gasteiger partial charge in [0.1, 0.15) is 6.04 Å². The third-order valence-corrected chi connectivity index (χ3v) is 6.43. The molecule has 1 rings (SSSR count). The Morgan fingerprint density at radius 3 is 1.94 bits per heavy atom. The number of nitrogens with one attached hydrogen (secondary N) is 2. The first-order chi connectivity index (χ1) is 15.8. The molecule has 2 N–H and O–H groups in total. The molecule has 0 bridgehead atoms. The lowest BCUT2D eigenvalue weighted by Gasteiger charge is -2.30. The number of hydrogen-bond acceptors (Lipinski definition) is 5. The largest absolute Gasteiger partial charge is 0.375 e. The van der Waals surface area contributed by atoms with Gasteiger partial charge in [0, 0.05) is 31.0 Å². The van der Waals surface area contributed by atoms with Gasteiger partial charge < -0.3 is 25.0 Å². The highest BCUT2D eigenvalue weighted by Crippen LogP contribution is 2.25. The summed E-state index contributed by atoms with van der Waals surface area (Å²) in [5.41, 5.74) is -0.569. The van der Waals surface area contributed by atoms with E-state index in [-0.39, 0.29) is 46.6 Å². The van der Waals surface area contributed by atoms with Crippen molar-refractivity contribution in [3.05, 3.63) is 0 Å². The number of likely N-dealkylation sites (tertiary alicyclic amines) is 1. The van der Waals surface area contributed by atoms with E-state index in [0.29, 0.717) is 52.1 Å². The molecule has 1 fully saturated rings. The molecule has 0 aromatic rings. The molecule has 7 nitrogen and oxygen atoms in total. The molecule has 2 unspecified atom stereocenters. The molecule has 214 valence electrons. The van der Waals surface area contributed by atoms with Crippen molar-refractivity contribution in [2.75, 3.05) is 32.8 Å². The predicted molar refractivity (Wildman–Crippen MR) is 154 cm³/mol. The lowest BCUT2D eigenvalue weighted by molar-refractivity contribution is -0.125. The summed E-state index contributed by atoms with van der Waals surface area (Å²) in [6.45, 7) is 23.7. The summed E-state index contributed by atoms with van der Waals surface area (Å²) in [5, 5.41) is 6.03. The number of carbonyl (C=O) groups excluding carboxylic acids is 2. The van der Waals surface area contributed by atoms with Crippen LogP contribution < -0.4 is 10.6 Å². The Kier molecular flexibility index (Phi) is 13.9. The average Bonchev–Trinajstić information content (AvgIpc) is 3.06. The minimum atomic E-state index is -0.439. The van der Waals surface area contributed by atoms with Crippen LogP contribution in [-0.2, 0) is 14.3 Å². The highest BCUT2D eigenvalue weighted by Gasteiger charge is 2.38. The van der Waals surface area contributed by atoms with Gasteiger partial charge in [-0.15, -0.1) is 0 Å². The van der Waals surface area contributed by atoms with E-state index in [9.17, 15) is 9.59 Å². The molecule has 8 heteroatoms. The molecule has 1 heterocycles. The van der Waals surface area contributed by atoms with E-state index in [1.54, 1.807) is 4.90 Å². The second-order valence-electron chi connectivity index (χ2n) is 13.3. The van der Waals surface area contributed by atoms with Crippen molar-refractivity contribution in [2.24, 2.45) is 11.3 Å². The molecule has 0 aliphatic carbocycles. The molecule has 0 aromatic carbocycles. The van der Waals surface area contributed by atoms with Gasteiger partial charge in [-0.3, -0.25) is 4.79 Å². The highest BCUT2D eigenvalue weighted by atomic mass is 32.1. The van der Waals surface area contributed by atoms with Crippen molar-refractivity contribution in [1.82, 2.24) is 15.5 Å². The first-order valence-electron chi connectivity index (χ1n) is 13.1. The van der Waals surface area contributed by atoms with Crippen LogP contribution in [0.2, 0.25) is 0 Å². The van der Waals surface area contributed by atoms with E-state index < -0.39 is 6.04 Å². The van der Waals surface area contributed by atoms with Gasteiger partial charge in [0.05, 0.1) is 17.8 Å². The molecule has 0 radical (unpaired) electrons. The molecule has 1 aliphatic heterocycles. The van der Waals surface area contributed by atoms with Crippen molar-refractivity contribution in [1.29, 1.82) is 0 Å². The monoisotopic (exact) mass is 531 g/mol. The smallest absolute Gasteiger partial charge is 0.318 e. The number of amides is 3. The first kappa shape index (κ1) is 35.0. The summed E-state index contributed by atoms with van der Waals surface area (Å²) in [5.74, 6) is 0.196. The van der Waals surface area contributed by atoms with E-state index in [1.807, 2.05) is 27.7 Å². The summed E-state index contributed by atoms with van der Waals surface area (Å²) < 4.78 is 12.0. The van der Waals surface area contributed by atoms with Crippen LogP contribution in [0.1, 0.15) is 102 Å². The number of hydrogen-bond donors (Lipinski definition) is 3. The Balaban J connectivity index is 0.0000122. The fraction of sp³-hybridized carbons (Fsp3) is 0.929. The maximum Gasteiger partial charge on any atom is 0.318 e. The third-order valence-electron chi connectivity index (χ3n) is 6.21. The van der Waals surface area contributed by atoms with E-state index in [0.717, 1.165) is 6.42 Å². The fourth-order valence-corrected chi connectivity index (χ4v) is 3.92. The Morgan fingerprint density at radius 1 is 0.889 bits per heavy atom. The van der Waals surface area contributed by atoms with Crippen LogP contribution in [0.4, 0.5) is 4.79 Å². The average molecular weight is 532 g/mol. The van der Waals surface area contributed by atoms with Crippen LogP contribution in [0.5, 0.6) is 0 Å². The SMILES string of the molecule is C.CC1CC(C(=O)NCCC(C)(C)OCC(C)(C)C)N(C(=O)NCCC(C)(C)OCCC(C)(C)S)C1. The quantitative estimate of drug-likeness (QED) is 0.267. The summed E-state index contributed by atoms with van der Waals surface area (Å²) in [6.07, 6.45) is 2.93. The van der Waals surface area contributed by atoms with Crippen LogP contribution >= 0.6 is 12.6 Å². The highest BCUT2D eigenvalue weighted by molar-refractivity contribution is 7.81. The van der Waals surface area contributed by atoms with Gasteiger partial charge >= 0.3 is 6.03 Å². The van der Waals surface area contributed by atoms with Gasteiger partial charge in [0.2, 0.25) is 5.91 Å². The Morgan fingerprint density at radius 2 is 1.42 bits per heavy atom. The number of ether oxygens (including phenoxy) is 2. The lowest BCUT2D eigenvalue weighted by atomic mass is 9.97. The second kappa shape index (κ2) is 14.2. The van der Waals surface area contributed by atoms with Crippen molar-refractivity contribution in [2.45, 2.75) is 124 Å². The fourth-order valence-electron chi connectivity index (χ4n) is 3.83.